The van der Waals surface area contributed by atoms with E-state index in [4.69, 9.17) is 0 Å². The average molecular weight is 680 g/mol. The van der Waals surface area contributed by atoms with E-state index < -0.39 is 0 Å². The number of fused-ring (bicyclic) bond motifs is 8. The van der Waals surface area contributed by atoms with Crippen LogP contribution in [0.1, 0.15) is 49.9 Å². The second kappa shape index (κ2) is 11.7. The van der Waals surface area contributed by atoms with Crippen LogP contribution in [0, 0.1) is 0 Å². The first-order valence-corrected chi connectivity index (χ1v) is 18.8. The molecule has 0 saturated carbocycles. The fourth-order valence-corrected chi connectivity index (χ4v) is 9.36. The maximum Gasteiger partial charge on any atom is 0.0549 e. The van der Waals surface area contributed by atoms with Crippen molar-refractivity contribution >= 4 is 27.8 Å². The number of hydrogen-bond donors (Lipinski definition) is 0. The van der Waals surface area contributed by atoms with Gasteiger partial charge in [-0.25, -0.2) is 0 Å². The summed E-state index contributed by atoms with van der Waals surface area (Å²) in [5.74, 6) is 0. The zero-order chi connectivity index (χ0) is 35.9. The zero-order valence-electron chi connectivity index (χ0n) is 30.7. The Morgan fingerprint density at radius 3 is 1.58 bits per heavy atom. The van der Waals surface area contributed by atoms with Crippen LogP contribution in [0.3, 0.4) is 0 Å². The maximum atomic E-state index is 2.52. The van der Waals surface area contributed by atoms with E-state index in [-0.39, 0.29) is 10.8 Å². The first-order valence-electron chi connectivity index (χ1n) is 18.8. The minimum Gasteiger partial charge on any atom is -0.310 e. The van der Waals surface area contributed by atoms with Crippen molar-refractivity contribution in [1.29, 1.82) is 0 Å². The van der Waals surface area contributed by atoms with Crippen molar-refractivity contribution in [3.63, 3.8) is 0 Å². The van der Waals surface area contributed by atoms with Crippen molar-refractivity contribution in [1.82, 2.24) is 0 Å². The SMILES string of the molecule is CC1(C)c2ccccc2-c2ccc(N(c3ccc(-c4ccc(-c5ccccc5)cc4)cc3)c3cc4ccccc4c4c3-c3ccccc3C4(C)C)cc21. The van der Waals surface area contributed by atoms with Crippen molar-refractivity contribution in [2.75, 3.05) is 4.90 Å². The van der Waals surface area contributed by atoms with Gasteiger partial charge in [0.05, 0.1) is 5.69 Å². The molecule has 1 nitrogen and oxygen atoms in total. The van der Waals surface area contributed by atoms with Crippen LogP contribution in [-0.2, 0) is 10.8 Å². The Balaban J connectivity index is 1.18. The fourth-order valence-electron chi connectivity index (χ4n) is 9.36. The largest absolute Gasteiger partial charge is 0.310 e. The Morgan fingerprint density at radius 1 is 0.377 bits per heavy atom. The number of rotatable bonds is 5. The molecule has 2 aliphatic rings. The van der Waals surface area contributed by atoms with Crippen molar-refractivity contribution < 1.29 is 0 Å². The van der Waals surface area contributed by atoms with Gasteiger partial charge in [0.15, 0.2) is 0 Å². The molecular formula is C52H41N. The van der Waals surface area contributed by atoms with E-state index in [1.807, 2.05) is 0 Å². The molecule has 0 bridgehead atoms. The molecule has 2 aliphatic carbocycles. The highest BCUT2D eigenvalue weighted by atomic mass is 15.1. The van der Waals surface area contributed by atoms with Gasteiger partial charge in [0, 0.05) is 27.8 Å². The van der Waals surface area contributed by atoms with Gasteiger partial charge in [0.1, 0.15) is 0 Å². The third kappa shape index (κ3) is 4.77. The van der Waals surface area contributed by atoms with Crippen molar-refractivity contribution in [2.45, 2.75) is 38.5 Å². The van der Waals surface area contributed by atoms with Crippen LogP contribution in [0.5, 0.6) is 0 Å². The van der Waals surface area contributed by atoms with Gasteiger partial charge >= 0.3 is 0 Å². The summed E-state index contributed by atoms with van der Waals surface area (Å²) >= 11 is 0. The van der Waals surface area contributed by atoms with E-state index in [0.29, 0.717) is 0 Å². The van der Waals surface area contributed by atoms with Crippen molar-refractivity contribution in [3.8, 4) is 44.5 Å². The topological polar surface area (TPSA) is 3.24 Å². The summed E-state index contributed by atoms with van der Waals surface area (Å²) in [6.07, 6.45) is 0. The Bertz CT molecular complexity index is 2700. The zero-order valence-corrected chi connectivity index (χ0v) is 30.7. The van der Waals surface area contributed by atoms with Gasteiger partial charge in [0.25, 0.3) is 0 Å². The van der Waals surface area contributed by atoms with Crippen molar-refractivity contribution in [2.24, 2.45) is 0 Å². The first-order chi connectivity index (χ1) is 25.8. The molecule has 0 N–H and O–H groups in total. The van der Waals surface area contributed by atoms with Crippen LogP contribution in [-0.4, -0.2) is 0 Å². The van der Waals surface area contributed by atoms with Crippen molar-refractivity contribution in [3.05, 3.63) is 198 Å². The van der Waals surface area contributed by atoms with E-state index in [2.05, 4.69) is 209 Å². The van der Waals surface area contributed by atoms with Gasteiger partial charge in [-0.1, -0.05) is 173 Å². The van der Waals surface area contributed by atoms with E-state index in [0.717, 1.165) is 5.69 Å². The Morgan fingerprint density at radius 2 is 0.887 bits per heavy atom. The van der Waals surface area contributed by atoms with Crippen LogP contribution >= 0.6 is 0 Å². The minimum absolute atomic E-state index is 0.108. The molecule has 0 fully saturated rings. The molecule has 0 aromatic heterocycles. The fraction of sp³-hybridized carbons (Fsp3) is 0.115. The molecule has 0 saturated heterocycles. The lowest BCUT2D eigenvalue weighted by Crippen LogP contribution is -2.18. The monoisotopic (exact) mass is 679 g/mol. The smallest absolute Gasteiger partial charge is 0.0549 e. The van der Waals surface area contributed by atoms with E-state index in [1.54, 1.807) is 0 Å². The second-order valence-electron chi connectivity index (χ2n) is 15.8. The number of benzene rings is 8. The van der Waals surface area contributed by atoms with E-state index in [1.165, 1.54) is 88.9 Å². The van der Waals surface area contributed by atoms with Crippen LogP contribution in [0.15, 0.2) is 176 Å². The van der Waals surface area contributed by atoms with Crippen LogP contribution in [0.25, 0.3) is 55.3 Å². The highest BCUT2D eigenvalue weighted by Crippen LogP contribution is 2.57. The Labute approximate surface area is 312 Å². The summed E-state index contributed by atoms with van der Waals surface area (Å²) in [4.78, 5) is 2.52. The van der Waals surface area contributed by atoms with Gasteiger partial charge in [-0.05, 0) is 102 Å². The molecule has 0 radical (unpaired) electrons. The van der Waals surface area contributed by atoms with E-state index >= 15 is 0 Å². The lowest BCUT2D eigenvalue weighted by molar-refractivity contribution is 0.660. The normalized spacial score (nSPS) is 14.3. The predicted octanol–water partition coefficient (Wildman–Crippen LogP) is 14.3. The summed E-state index contributed by atoms with van der Waals surface area (Å²) in [6.45, 7) is 9.53. The molecule has 0 amide bonds. The molecule has 0 unspecified atom stereocenters. The van der Waals surface area contributed by atoms with Gasteiger partial charge in [-0.3, -0.25) is 0 Å². The second-order valence-corrected chi connectivity index (χ2v) is 15.8. The Kier molecular flexibility index (Phi) is 6.94. The maximum absolute atomic E-state index is 2.52. The molecular weight excluding hydrogens is 639 g/mol. The minimum atomic E-state index is -0.148. The molecule has 0 spiro atoms. The van der Waals surface area contributed by atoms with Gasteiger partial charge in [0.2, 0.25) is 0 Å². The molecule has 8 aromatic rings. The molecule has 0 heterocycles. The predicted molar refractivity (Wildman–Crippen MR) is 225 cm³/mol. The van der Waals surface area contributed by atoms with Gasteiger partial charge < -0.3 is 4.90 Å². The summed E-state index contributed by atoms with van der Waals surface area (Å²) < 4.78 is 0. The number of anilines is 3. The third-order valence-electron chi connectivity index (χ3n) is 12.0. The summed E-state index contributed by atoms with van der Waals surface area (Å²) in [7, 11) is 0. The molecule has 8 aromatic carbocycles. The van der Waals surface area contributed by atoms with Gasteiger partial charge in [-0.2, -0.15) is 0 Å². The number of nitrogens with zero attached hydrogens (tertiary/aromatic N) is 1. The lowest BCUT2D eigenvalue weighted by atomic mass is 9.80. The molecule has 53 heavy (non-hydrogen) atoms. The van der Waals surface area contributed by atoms with Gasteiger partial charge in [-0.15, -0.1) is 0 Å². The first kappa shape index (κ1) is 31.5. The third-order valence-corrected chi connectivity index (χ3v) is 12.0. The van der Waals surface area contributed by atoms with E-state index in [9.17, 15) is 0 Å². The summed E-state index contributed by atoms with van der Waals surface area (Å²) in [5.41, 5.74) is 19.0. The highest BCUT2D eigenvalue weighted by molar-refractivity contribution is 6.06. The molecule has 1 heteroatoms. The standard InChI is InChI=1S/C52H41N/c1-51(2)45-20-12-10-18-42(45)43-31-30-40(33-47(43)51)53(39-28-26-37(27-29-39)36-24-22-35(23-25-36)34-14-6-5-7-15-34)48-32-38-16-8-9-17-41(38)50-49(48)44-19-11-13-21-46(44)52(50,3)4/h5-33H,1-4H3. The molecule has 0 atom stereocenters. The highest BCUT2D eigenvalue weighted by Gasteiger charge is 2.40. The average Bonchev–Trinajstić information content (AvgIpc) is 3.59. The number of hydrogen-bond acceptors (Lipinski definition) is 1. The van der Waals surface area contributed by atoms with Crippen LogP contribution < -0.4 is 4.90 Å². The van der Waals surface area contributed by atoms with Crippen LogP contribution in [0.2, 0.25) is 0 Å². The molecule has 0 aliphatic heterocycles. The lowest BCUT2D eigenvalue weighted by Gasteiger charge is -2.31. The molecule has 254 valence electrons. The van der Waals surface area contributed by atoms with Crippen LogP contribution in [0.4, 0.5) is 17.1 Å². The summed E-state index contributed by atoms with van der Waals surface area (Å²) in [6, 6.07) is 65.2. The Hall–Kier alpha value is -6.18. The molecule has 10 rings (SSSR count). The quantitative estimate of drug-likeness (QED) is 0.175. The summed E-state index contributed by atoms with van der Waals surface area (Å²) in [5, 5.41) is 2.59.